The number of rotatable bonds is 4. The summed E-state index contributed by atoms with van der Waals surface area (Å²) in [5.74, 6) is 0.864. The lowest BCUT2D eigenvalue weighted by atomic mass is 10.2. The smallest absolute Gasteiger partial charge is 0.186 e. The largest absolute Gasteiger partial charge is 0.468 e. The van der Waals surface area contributed by atoms with Crippen LogP contribution in [-0.2, 0) is 7.05 Å². The van der Waals surface area contributed by atoms with Gasteiger partial charge in [0, 0.05) is 13.1 Å². The zero-order valence-electron chi connectivity index (χ0n) is 9.20. The molecule has 2 aromatic rings. The van der Waals surface area contributed by atoms with E-state index in [1.165, 1.54) is 6.33 Å². The number of aromatic nitrogens is 3. The first-order valence-electron chi connectivity index (χ1n) is 4.98. The van der Waals surface area contributed by atoms with Crippen molar-refractivity contribution in [3.63, 3.8) is 0 Å². The van der Waals surface area contributed by atoms with Crippen LogP contribution < -0.4 is 5.73 Å². The standard InChI is InChI=1S/C10H14N4OS/c1-7(11)9(8-4-3-5-15-8)16-10-12-6-13-14(10)2/h3-7,9H,11H2,1-2H3. The quantitative estimate of drug-likeness (QED) is 0.819. The summed E-state index contributed by atoms with van der Waals surface area (Å²) in [7, 11) is 1.86. The Bertz CT molecular complexity index is 437. The minimum absolute atomic E-state index is 0.0205. The Morgan fingerprint density at radius 2 is 2.38 bits per heavy atom. The highest BCUT2D eigenvalue weighted by molar-refractivity contribution is 7.99. The molecule has 2 N–H and O–H groups in total. The van der Waals surface area contributed by atoms with Crippen LogP contribution in [0.3, 0.4) is 0 Å². The van der Waals surface area contributed by atoms with E-state index in [0.29, 0.717) is 0 Å². The van der Waals surface area contributed by atoms with Crippen LogP contribution >= 0.6 is 11.8 Å². The maximum Gasteiger partial charge on any atom is 0.186 e. The molecule has 0 amide bonds. The normalized spacial score (nSPS) is 14.9. The summed E-state index contributed by atoms with van der Waals surface area (Å²) >= 11 is 1.56. The molecule has 0 aliphatic rings. The maximum atomic E-state index is 5.96. The van der Waals surface area contributed by atoms with E-state index in [-0.39, 0.29) is 11.3 Å². The minimum Gasteiger partial charge on any atom is -0.468 e. The average Bonchev–Trinajstić information content (AvgIpc) is 2.85. The van der Waals surface area contributed by atoms with E-state index in [4.69, 9.17) is 10.2 Å². The van der Waals surface area contributed by atoms with Crippen molar-refractivity contribution < 1.29 is 4.42 Å². The van der Waals surface area contributed by atoms with Gasteiger partial charge in [-0.1, -0.05) is 11.8 Å². The van der Waals surface area contributed by atoms with Gasteiger partial charge in [-0.2, -0.15) is 5.10 Å². The topological polar surface area (TPSA) is 69.9 Å². The molecule has 2 atom stereocenters. The first kappa shape index (κ1) is 11.2. The van der Waals surface area contributed by atoms with Crippen LogP contribution in [-0.4, -0.2) is 20.8 Å². The third-order valence-corrected chi connectivity index (χ3v) is 3.70. The molecule has 0 aliphatic carbocycles. The number of thioether (sulfide) groups is 1. The number of hydrogen-bond donors (Lipinski definition) is 1. The number of nitrogens with two attached hydrogens (primary N) is 1. The molecule has 0 fully saturated rings. The molecule has 0 spiro atoms. The number of aryl methyl sites for hydroxylation is 1. The lowest BCUT2D eigenvalue weighted by Crippen LogP contribution is -2.22. The van der Waals surface area contributed by atoms with Crippen molar-refractivity contribution >= 4 is 11.8 Å². The van der Waals surface area contributed by atoms with Gasteiger partial charge in [-0.05, 0) is 19.1 Å². The Kier molecular flexibility index (Phi) is 3.31. The lowest BCUT2D eigenvalue weighted by molar-refractivity contribution is 0.486. The molecule has 0 saturated heterocycles. The van der Waals surface area contributed by atoms with E-state index >= 15 is 0 Å². The number of nitrogens with zero attached hydrogens (tertiary/aromatic N) is 3. The Hall–Kier alpha value is -1.27. The van der Waals surface area contributed by atoms with Gasteiger partial charge in [0.15, 0.2) is 5.16 Å². The monoisotopic (exact) mass is 238 g/mol. The number of hydrogen-bond acceptors (Lipinski definition) is 5. The molecule has 2 heterocycles. The Morgan fingerprint density at radius 1 is 1.56 bits per heavy atom. The van der Waals surface area contributed by atoms with Crippen molar-refractivity contribution in [2.24, 2.45) is 12.8 Å². The van der Waals surface area contributed by atoms with Crippen LogP contribution in [0.2, 0.25) is 0 Å². The van der Waals surface area contributed by atoms with Crippen molar-refractivity contribution in [3.05, 3.63) is 30.5 Å². The van der Waals surface area contributed by atoms with Crippen molar-refractivity contribution in [2.45, 2.75) is 23.4 Å². The molecule has 0 aliphatic heterocycles. The van der Waals surface area contributed by atoms with Gasteiger partial charge in [0.1, 0.15) is 12.1 Å². The molecule has 16 heavy (non-hydrogen) atoms. The summed E-state index contributed by atoms with van der Waals surface area (Å²) in [5, 5.41) is 4.91. The van der Waals surface area contributed by atoms with Crippen LogP contribution in [0.25, 0.3) is 0 Å². The average molecular weight is 238 g/mol. The number of furan rings is 1. The first-order valence-corrected chi connectivity index (χ1v) is 5.86. The van der Waals surface area contributed by atoms with E-state index in [1.54, 1.807) is 22.7 Å². The highest BCUT2D eigenvalue weighted by Gasteiger charge is 2.22. The third-order valence-electron chi connectivity index (χ3n) is 2.20. The first-order chi connectivity index (χ1) is 7.68. The highest BCUT2D eigenvalue weighted by atomic mass is 32.2. The fraction of sp³-hybridized carbons (Fsp3) is 0.400. The van der Waals surface area contributed by atoms with Gasteiger partial charge in [0.05, 0.1) is 11.5 Å². The fourth-order valence-corrected chi connectivity index (χ4v) is 2.38. The van der Waals surface area contributed by atoms with E-state index in [1.807, 2.05) is 26.1 Å². The molecule has 0 aromatic carbocycles. The molecule has 86 valence electrons. The molecule has 0 radical (unpaired) electrons. The lowest BCUT2D eigenvalue weighted by Gasteiger charge is -2.16. The summed E-state index contributed by atoms with van der Waals surface area (Å²) in [4.78, 5) is 4.17. The summed E-state index contributed by atoms with van der Waals surface area (Å²) in [6.45, 7) is 1.95. The highest BCUT2D eigenvalue weighted by Crippen LogP contribution is 2.35. The molecular weight excluding hydrogens is 224 g/mol. The second-order valence-electron chi connectivity index (χ2n) is 3.58. The van der Waals surface area contributed by atoms with E-state index in [0.717, 1.165) is 10.9 Å². The van der Waals surface area contributed by atoms with E-state index in [2.05, 4.69) is 10.1 Å². The van der Waals surface area contributed by atoms with Gasteiger partial charge < -0.3 is 10.2 Å². The van der Waals surface area contributed by atoms with E-state index in [9.17, 15) is 0 Å². The van der Waals surface area contributed by atoms with Crippen molar-refractivity contribution in [2.75, 3.05) is 0 Å². The predicted molar refractivity (Wildman–Crippen MR) is 62.0 cm³/mol. The van der Waals surface area contributed by atoms with Crippen LogP contribution in [0.15, 0.2) is 34.3 Å². The van der Waals surface area contributed by atoms with Crippen LogP contribution in [0.1, 0.15) is 17.9 Å². The molecule has 0 saturated carbocycles. The van der Waals surface area contributed by atoms with E-state index < -0.39 is 0 Å². The van der Waals surface area contributed by atoms with Gasteiger partial charge in [-0.3, -0.25) is 0 Å². The molecule has 5 nitrogen and oxygen atoms in total. The summed E-state index contributed by atoms with van der Waals surface area (Å²) < 4.78 is 7.11. The molecular formula is C10H14N4OS. The van der Waals surface area contributed by atoms with Crippen molar-refractivity contribution in [1.82, 2.24) is 14.8 Å². The maximum absolute atomic E-state index is 5.96. The SMILES string of the molecule is CC(N)C(Sc1ncnn1C)c1ccco1. The molecule has 2 unspecified atom stereocenters. The van der Waals surface area contributed by atoms with Crippen LogP contribution in [0.5, 0.6) is 0 Å². The molecule has 2 aromatic heterocycles. The summed E-state index contributed by atoms with van der Waals surface area (Å²) in [6, 6.07) is 3.77. The third kappa shape index (κ3) is 2.28. The van der Waals surface area contributed by atoms with Crippen LogP contribution in [0, 0.1) is 0 Å². The van der Waals surface area contributed by atoms with Crippen LogP contribution in [0.4, 0.5) is 0 Å². The van der Waals surface area contributed by atoms with Gasteiger partial charge in [0.2, 0.25) is 0 Å². The summed E-state index contributed by atoms with van der Waals surface area (Å²) in [5.41, 5.74) is 5.96. The second-order valence-corrected chi connectivity index (χ2v) is 4.69. The van der Waals surface area contributed by atoms with Crippen molar-refractivity contribution in [3.8, 4) is 0 Å². The molecule has 6 heteroatoms. The minimum atomic E-state index is -0.0205. The van der Waals surface area contributed by atoms with Gasteiger partial charge >= 0.3 is 0 Å². The molecule has 0 bridgehead atoms. The van der Waals surface area contributed by atoms with Gasteiger partial charge in [0.25, 0.3) is 0 Å². The Morgan fingerprint density at radius 3 is 2.88 bits per heavy atom. The zero-order valence-corrected chi connectivity index (χ0v) is 10.0. The van der Waals surface area contributed by atoms with Crippen molar-refractivity contribution in [1.29, 1.82) is 0 Å². The zero-order chi connectivity index (χ0) is 11.5. The Labute approximate surface area is 98.0 Å². The molecule has 2 rings (SSSR count). The van der Waals surface area contributed by atoms with Gasteiger partial charge in [-0.25, -0.2) is 9.67 Å². The fourth-order valence-electron chi connectivity index (χ4n) is 1.38. The summed E-state index contributed by atoms with van der Waals surface area (Å²) in [6.07, 6.45) is 3.19. The van der Waals surface area contributed by atoms with Gasteiger partial charge in [-0.15, -0.1) is 0 Å². The second kappa shape index (κ2) is 4.71. The Balaban J connectivity index is 2.19. The predicted octanol–water partition coefficient (Wildman–Crippen LogP) is 1.59.